The summed E-state index contributed by atoms with van der Waals surface area (Å²) in [5, 5.41) is 6.47. The number of benzene rings is 1. The molecule has 1 saturated carbocycles. The lowest BCUT2D eigenvalue weighted by molar-refractivity contribution is -0.120. The Morgan fingerprint density at radius 3 is 2.48 bits per heavy atom. The lowest BCUT2D eigenvalue weighted by atomic mass is 9.88. The van der Waals surface area contributed by atoms with Gasteiger partial charge in [0.05, 0.1) is 0 Å². The van der Waals surface area contributed by atoms with E-state index in [9.17, 15) is 4.79 Å². The minimum atomic E-state index is 0.207. The molecule has 1 saturated heterocycles. The second-order valence-electron chi connectivity index (χ2n) is 6.86. The van der Waals surface area contributed by atoms with Gasteiger partial charge in [0.1, 0.15) is 0 Å². The predicted molar refractivity (Wildman–Crippen MR) is 94.7 cm³/mol. The number of nitrogens with zero attached hydrogens (tertiary/aromatic N) is 1. The van der Waals surface area contributed by atoms with Crippen LogP contribution in [-0.4, -0.2) is 43.5 Å². The van der Waals surface area contributed by atoms with Crippen LogP contribution in [0.5, 0.6) is 0 Å². The number of carbonyl (C=O) groups excluding carboxylic acids is 1. The highest BCUT2D eigenvalue weighted by Gasteiger charge is 2.20. The highest BCUT2D eigenvalue weighted by Crippen LogP contribution is 2.25. The summed E-state index contributed by atoms with van der Waals surface area (Å²) in [6.45, 7) is 5.62. The van der Waals surface area contributed by atoms with Gasteiger partial charge in [0.25, 0.3) is 0 Å². The summed E-state index contributed by atoms with van der Waals surface area (Å²) in [5.41, 5.74) is 2.28. The molecule has 1 aromatic carbocycles. The molecule has 0 spiro atoms. The van der Waals surface area contributed by atoms with Crippen LogP contribution in [0.25, 0.3) is 0 Å². The van der Waals surface area contributed by atoms with Crippen molar-refractivity contribution in [1.82, 2.24) is 10.2 Å². The second kappa shape index (κ2) is 8.46. The average molecular weight is 315 g/mol. The summed E-state index contributed by atoms with van der Waals surface area (Å²) >= 11 is 0. The van der Waals surface area contributed by atoms with Crippen molar-refractivity contribution in [2.45, 2.75) is 38.5 Å². The third kappa shape index (κ3) is 5.05. The monoisotopic (exact) mass is 315 g/mol. The highest BCUT2D eigenvalue weighted by atomic mass is 16.1. The number of piperazine rings is 1. The summed E-state index contributed by atoms with van der Waals surface area (Å²) < 4.78 is 0. The first-order valence-electron chi connectivity index (χ1n) is 9.14. The number of hydrogen-bond donors (Lipinski definition) is 2. The van der Waals surface area contributed by atoms with Crippen LogP contribution < -0.4 is 10.6 Å². The molecule has 1 aliphatic heterocycles. The average Bonchev–Trinajstić information content (AvgIpc) is 2.63. The molecule has 0 atom stereocenters. The first kappa shape index (κ1) is 16.5. The van der Waals surface area contributed by atoms with Gasteiger partial charge in [0.15, 0.2) is 0 Å². The zero-order valence-corrected chi connectivity index (χ0v) is 14.0. The molecule has 2 aliphatic rings. The van der Waals surface area contributed by atoms with E-state index in [0.29, 0.717) is 0 Å². The molecule has 0 bridgehead atoms. The Hall–Kier alpha value is -1.39. The molecule has 2 fully saturated rings. The second-order valence-corrected chi connectivity index (χ2v) is 6.86. The van der Waals surface area contributed by atoms with E-state index in [1.54, 1.807) is 0 Å². The molecule has 0 aromatic heterocycles. The van der Waals surface area contributed by atoms with E-state index in [-0.39, 0.29) is 11.8 Å². The van der Waals surface area contributed by atoms with Crippen molar-refractivity contribution in [2.24, 2.45) is 5.92 Å². The van der Waals surface area contributed by atoms with Crippen LogP contribution in [0.15, 0.2) is 24.3 Å². The van der Waals surface area contributed by atoms with Crippen molar-refractivity contribution in [1.29, 1.82) is 0 Å². The first-order valence-corrected chi connectivity index (χ1v) is 9.14. The standard InChI is InChI=1S/C19H29N3O/c23-19(17-4-2-1-3-5-17)21-18-8-6-16(7-9-18)10-13-22-14-11-20-12-15-22/h6-9,17,20H,1-5,10-15H2,(H,21,23). The van der Waals surface area contributed by atoms with Crippen LogP contribution >= 0.6 is 0 Å². The van der Waals surface area contributed by atoms with Crippen LogP contribution in [0.2, 0.25) is 0 Å². The SMILES string of the molecule is O=C(Nc1ccc(CCN2CCNCC2)cc1)C1CCCCC1. The third-order valence-corrected chi connectivity index (χ3v) is 5.12. The quantitative estimate of drug-likeness (QED) is 0.878. The van der Waals surface area contributed by atoms with E-state index in [1.165, 1.54) is 24.8 Å². The Kier molecular flexibility index (Phi) is 6.06. The molecule has 23 heavy (non-hydrogen) atoms. The molecule has 2 N–H and O–H groups in total. The zero-order valence-electron chi connectivity index (χ0n) is 14.0. The van der Waals surface area contributed by atoms with Gasteiger partial charge in [-0.1, -0.05) is 31.4 Å². The molecule has 1 aromatic rings. The van der Waals surface area contributed by atoms with Gasteiger partial charge in [-0.2, -0.15) is 0 Å². The summed E-state index contributed by atoms with van der Waals surface area (Å²) in [5.74, 6) is 0.425. The first-order chi connectivity index (χ1) is 11.3. The summed E-state index contributed by atoms with van der Waals surface area (Å²) in [4.78, 5) is 14.8. The molecule has 4 heteroatoms. The fourth-order valence-electron chi connectivity index (χ4n) is 3.59. The van der Waals surface area contributed by atoms with Crippen LogP contribution in [0.3, 0.4) is 0 Å². The van der Waals surface area contributed by atoms with Gasteiger partial charge in [-0.3, -0.25) is 4.79 Å². The Morgan fingerprint density at radius 2 is 1.78 bits per heavy atom. The molecule has 0 radical (unpaired) electrons. The fraction of sp³-hybridized carbons (Fsp3) is 0.632. The third-order valence-electron chi connectivity index (χ3n) is 5.12. The van der Waals surface area contributed by atoms with E-state index in [4.69, 9.17) is 0 Å². The van der Waals surface area contributed by atoms with Gasteiger partial charge >= 0.3 is 0 Å². The Balaban J connectivity index is 1.45. The molecular weight excluding hydrogens is 286 g/mol. The zero-order chi connectivity index (χ0) is 15.9. The molecule has 1 heterocycles. The van der Waals surface area contributed by atoms with Gasteiger partial charge in [-0.15, -0.1) is 0 Å². The van der Waals surface area contributed by atoms with Crippen LogP contribution in [0.4, 0.5) is 5.69 Å². The normalized spacial score (nSPS) is 20.3. The van der Waals surface area contributed by atoms with Crippen LogP contribution in [-0.2, 0) is 11.2 Å². The molecule has 4 nitrogen and oxygen atoms in total. The smallest absolute Gasteiger partial charge is 0.227 e. The van der Waals surface area contributed by atoms with Crippen molar-refractivity contribution < 1.29 is 4.79 Å². The Bertz CT molecular complexity index is 488. The Morgan fingerprint density at radius 1 is 1.09 bits per heavy atom. The fourth-order valence-corrected chi connectivity index (χ4v) is 3.59. The van der Waals surface area contributed by atoms with E-state index in [2.05, 4.69) is 27.7 Å². The maximum Gasteiger partial charge on any atom is 0.227 e. The molecule has 126 valence electrons. The van der Waals surface area contributed by atoms with Gasteiger partial charge in [0, 0.05) is 44.3 Å². The summed E-state index contributed by atoms with van der Waals surface area (Å²) in [6.07, 6.45) is 6.86. The molecule has 1 amide bonds. The van der Waals surface area contributed by atoms with Gasteiger partial charge in [0.2, 0.25) is 5.91 Å². The minimum Gasteiger partial charge on any atom is -0.326 e. The minimum absolute atomic E-state index is 0.207. The van der Waals surface area contributed by atoms with E-state index in [1.807, 2.05) is 12.1 Å². The van der Waals surface area contributed by atoms with Gasteiger partial charge in [-0.25, -0.2) is 0 Å². The topological polar surface area (TPSA) is 44.4 Å². The number of amides is 1. The number of carbonyl (C=O) groups is 1. The maximum absolute atomic E-state index is 12.3. The van der Waals surface area contributed by atoms with Crippen LogP contribution in [0, 0.1) is 5.92 Å². The number of nitrogens with one attached hydrogen (secondary N) is 2. The van der Waals surface area contributed by atoms with Crippen LogP contribution in [0.1, 0.15) is 37.7 Å². The maximum atomic E-state index is 12.3. The lowest BCUT2D eigenvalue weighted by Gasteiger charge is -2.27. The largest absolute Gasteiger partial charge is 0.326 e. The van der Waals surface area contributed by atoms with E-state index < -0.39 is 0 Å². The van der Waals surface area contributed by atoms with Crippen molar-refractivity contribution in [3.63, 3.8) is 0 Å². The summed E-state index contributed by atoms with van der Waals surface area (Å²) in [6, 6.07) is 8.40. The predicted octanol–water partition coefficient (Wildman–Crippen LogP) is 2.65. The van der Waals surface area contributed by atoms with Crippen molar-refractivity contribution in [3.8, 4) is 0 Å². The summed E-state index contributed by atoms with van der Waals surface area (Å²) in [7, 11) is 0. The number of anilines is 1. The molecular formula is C19H29N3O. The molecule has 0 unspecified atom stereocenters. The van der Waals surface area contributed by atoms with Crippen molar-refractivity contribution in [2.75, 3.05) is 38.0 Å². The highest BCUT2D eigenvalue weighted by molar-refractivity contribution is 5.92. The lowest BCUT2D eigenvalue weighted by Crippen LogP contribution is -2.44. The van der Waals surface area contributed by atoms with Gasteiger partial charge in [-0.05, 0) is 37.0 Å². The number of hydrogen-bond acceptors (Lipinski definition) is 3. The van der Waals surface area contributed by atoms with E-state index >= 15 is 0 Å². The number of rotatable bonds is 5. The van der Waals surface area contributed by atoms with Gasteiger partial charge < -0.3 is 15.5 Å². The van der Waals surface area contributed by atoms with E-state index in [0.717, 1.165) is 57.7 Å². The Labute approximate surface area is 139 Å². The molecule has 1 aliphatic carbocycles. The van der Waals surface area contributed by atoms with Crippen molar-refractivity contribution >= 4 is 11.6 Å². The molecule has 3 rings (SSSR count). The van der Waals surface area contributed by atoms with Crippen molar-refractivity contribution in [3.05, 3.63) is 29.8 Å².